The molecule has 0 radical (unpaired) electrons. The van der Waals surface area contributed by atoms with Crippen LogP contribution < -0.4 is 5.32 Å². The van der Waals surface area contributed by atoms with Crippen molar-refractivity contribution in [2.24, 2.45) is 0 Å². The summed E-state index contributed by atoms with van der Waals surface area (Å²) in [6.07, 6.45) is 2.06. The Balaban J connectivity index is 1.91. The zero-order valence-corrected chi connectivity index (χ0v) is 16.1. The maximum Gasteiger partial charge on any atom is 0.143 e. The van der Waals surface area contributed by atoms with Gasteiger partial charge in [-0.2, -0.15) is 0 Å². The fourth-order valence-electron chi connectivity index (χ4n) is 2.93. The van der Waals surface area contributed by atoms with Crippen molar-refractivity contribution in [2.75, 3.05) is 5.32 Å². The molecule has 2 heterocycles. The van der Waals surface area contributed by atoms with Crippen LogP contribution in [0.15, 0.2) is 65.3 Å². The van der Waals surface area contributed by atoms with Gasteiger partial charge in [-0.1, -0.05) is 40.2 Å². The zero-order valence-electron chi connectivity index (χ0n) is 14.5. The Morgan fingerprint density at radius 1 is 1.04 bits per heavy atom. The van der Waals surface area contributed by atoms with Crippen LogP contribution in [-0.4, -0.2) is 14.5 Å². The number of benzene rings is 2. The van der Waals surface area contributed by atoms with E-state index in [0.717, 1.165) is 38.4 Å². The van der Waals surface area contributed by atoms with Crippen molar-refractivity contribution in [3.8, 4) is 17.0 Å². The number of halogens is 1. The first-order valence-corrected chi connectivity index (χ1v) is 9.12. The molecule has 0 aliphatic rings. The highest BCUT2D eigenvalue weighted by atomic mass is 79.9. The summed E-state index contributed by atoms with van der Waals surface area (Å²) in [7, 11) is 0. The molecule has 0 saturated carbocycles. The van der Waals surface area contributed by atoms with Gasteiger partial charge in [-0.05, 0) is 55.3 Å². The lowest BCUT2D eigenvalue weighted by Gasteiger charge is -2.11. The van der Waals surface area contributed by atoms with Crippen LogP contribution in [0, 0.1) is 13.8 Å². The van der Waals surface area contributed by atoms with Crippen LogP contribution in [0.3, 0.4) is 0 Å². The van der Waals surface area contributed by atoms with E-state index in [0.29, 0.717) is 0 Å². The van der Waals surface area contributed by atoms with Crippen molar-refractivity contribution in [3.05, 3.63) is 76.4 Å². The summed E-state index contributed by atoms with van der Waals surface area (Å²) in [4.78, 5) is 4.78. The zero-order chi connectivity index (χ0) is 18.3. The summed E-state index contributed by atoms with van der Waals surface area (Å²) in [6.45, 7) is 4.11. The number of anilines is 2. The van der Waals surface area contributed by atoms with Crippen LogP contribution in [0.4, 0.5) is 11.5 Å². The molecule has 2 aromatic carbocycles. The van der Waals surface area contributed by atoms with Crippen LogP contribution in [0.1, 0.15) is 11.1 Å². The topological polar surface area (TPSA) is 49.6 Å². The van der Waals surface area contributed by atoms with Crippen molar-refractivity contribution in [2.45, 2.75) is 13.8 Å². The normalized spacial score (nSPS) is 11.0. The second kappa shape index (κ2) is 6.50. The van der Waals surface area contributed by atoms with Crippen LogP contribution in [0.25, 0.3) is 16.9 Å². The van der Waals surface area contributed by atoms with Crippen molar-refractivity contribution in [3.63, 3.8) is 0 Å². The van der Waals surface area contributed by atoms with Gasteiger partial charge in [0.2, 0.25) is 0 Å². The number of phenolic OH excluding ortho intramolecular Hbond substituents is 1. The van der Waals surface area contributed by atoms with E-state index in [2.05, 4.69) is 53.4 Å². The maximum atomic E-state index is 9.88. The number of phenols is 1. The molecule has 0 aliphatic heterocycles. The van der Waals surface area contributed by atoms with Gasteiger partial charge in [0.15, 0.2) is 0 Å². The van der Waals surface area contributed by atoms with E-state index < -0.39 is 0 Å². The summed E-state index contributed by atoms with van der Waals surface area (Å²) in [5.41, 5.74) is 5.79. The van der Waals surface area contributed by atoms with E-state index >= 15 is 0 Å². The lowest BCUT2D eigenvalue weighted by atomic mass is 10.1. The first kappa shape index (κ1) is 16.7. The number of hydrogen-bond donors (Lipinski definition) is 2. The molecule has 4 aromatic rings. The van der Waals surface area contributed by atoms with E-state index in [1.165, 1.54) is 5.56 Å². The van der Waals surface area contributed by atoms with Crippen LogP contribution in [-0.2, 0) is 0 Å². The summed E-state index contributed by atoms with van der Waals surface area (Å²) in [5, 5.41) is 13.4. The molecule has 0 spiro atoms. The molecule has 4 nitrogen and oxygen atoms in total. The Morgan fingerprint density at radius 2 is 1.88 bits per heavy atom. The SMILES string of the molecule is Cc1ccc2nc(-c3cccc(O)c3)c(Nc3ccc(C)c(Br)c3)n2c1. The number of aromatic nitrogens is 2. The quantitative estimate of drug-likeness (QED) is 0.449. The molecule has 0 aliphatic carbocycles. The van der Waals surface area contributed by atoms with Crippen molar-refractivity contribution in [1.29, 1.82) is 0 Å². The molecule has 4 rings (SSSR count). The average molecular weight is 408 g/mol. The minimum absolute atomic E-state index is 0.222. The van der Waals surface area contributed by atoms with Gasteiger partial charge >= 0.3 is 0 Å². The molecule has 0 fully saturated rings. The molecular weight excluding hydrogens is 390 g/mol. The Labute approximate surface area is 160 Å². The van der Waals surface area contributed by atoms with E-state index in [4.69, 9.17) is 4.98 Å². The third-order valence-corrected chi connectivity index (χ3v) is 5.17. The number of nitrogens with zero attached hydrogens (tertiary/aromatic N) is 2. The Kier molecular flexibility index (Phi) is 4.17. The highest BCUT2D eigenvalue weighted by molar-refractivity contribution is 9.10. The van der Waals surface area contributed by atoms with Crippen molar-refractivity contribution >= 4 is 33.1 Å². The molecule has 2 N–H and O–H groups in total. The third-order valence-electron chi connectivity index (χ3n) is 4.32. The second-order valence-electron chi connectivity index (χ2n) is 6.38. The Morgan fingerprint density at radius 3 is 2.65 bits per heavy atom. The largest absolute Gasteiger partial charge is 0.508 e. The smallest absolute Gasteiger partial charge is 0.143 e. The summed E-state index contributed by atoms with van der Waals surface area (Å²) in [5.74, 6) is 1.09. The van der Waals surface area contributed by atoms with Gasteiger partial charge in [0.05, 0.1) is 0 Å². The van der Waals surface area contributed by atoms with Gasteiger partial charge in [0.1, 0.15) is 22.9 Å². The number of imidazole rings is 1. The Bertz CT molecular complexity index is 1120. The Hall–Kier alpha value is -2.79. The fourth-order valence-corrected chi connectivity index (χ4v) is 3.31. The maximum absolute atomic E-state index is 9.88. The highest BCUT2D eigenvalue weighted by Crippen LogP contribution is 2.33. The number of aryl methyl sites for hydroxylation is 2. The number of pyridine rings is 1. The van der Waals surface area contributed by atoms with Gasteiger partial charge in [0, 0.05) is 21.9 Å². The summed E-state index contributed by atoms with van der Waals surface area (Å²) >= 11 is 3.59. The van der Waals surface area contributed by atoms with Crippen molar-refractivity contribution < 1.29 is 5.11 Å². The van der Waals surface area contributed by atoms with E-state index in [1.807, 2.05) is 34.7 Å². The van der Waals surface area contributed by atoms with Gasteiger partial charge in [0.25, 0.3) is 0 Å². The fraction of sp³-hybridized carbons (Fsp3) is 0.0952. The molecule has 2 aromatic heterocycles. The predicted octanol–water partition coefficient (Wildman–Crippen LogP) is 5.83. The molecule has 0 unspecified atom stereocenters. The first-order valence-electron chi connectivity index (χ1n) is 8.32. The second-order valence-corrected chi connectivity index (χ2v) is 7.24. The molecule has 0 amide bonds. The number of fused-ring (bicyclic) bond motifs is 1. The first-order chi connectivity index (χ1) is 12.5. The molecule has 0 bridgehead atoms. The minimum Gasteiger partial charge on any atom is -0.508 e. The van der Waals surface area contributed by atoms with Gasteiger partial charge in [-0.3, -0.25) is 4.40 Å². The lowest BCUT2D eigenvalue weighted by molar-refractivity contribution is 0.475. The van der Waals surface area contributed by atoms with E-state index in [9.17, 15) is 5.11 Å². The molecule has 5 heteroatoms. The average Bonchev–Trinajstić information content (AvgIpc) is 2.96. The molecule has 0 saturated heterocycles. The lowest BCUT2D eigenvalue weighted by Crippen LogP contribution is -1.98. The number of hydrogen-bond acceptors (Lipinski definition) is 3. The van der Waals surface area contributed by atoms with Gasteiger partial charge < -0.3 is 10.4 Å². The summed E-state index contributed by atoms with van der Waals surface area (Å²) < 4.78 is 3.09. The number of aromatic hydroxyl groups is 1. The van der Waals surface area contributed by atoms with E-state index in [1.54, 1.807) is 12.1 Å². The number of rotatable bonds is 3. The highest BCUT2D eigenvalue weighted by Gasteiger charge is 2.15. The molecule has 130 valence electrons. The molecular formula is C21H18BrN3O. The standard InChI is InChI=1S/C21H18BrN3O/c1-13-6-9-19-24-20(15-4-3-5-17(26)10-15)21(25(19)12-13)23-16-8-7-14(2)18(22)11-16/h3-12,23,26H,1-2H3. The third kappa shape index (κ3) is 3.06. The van der Waals surface area contributed by atoms with Gasteiger partial charge in [-0.15, -0.1) is 0 Å². The minimum atomic E-state index is 0.222. The predicted molar refractivity (Wildman–Crippen MR) is 109 cm³/mol. The van der Waals surface area contributed by atoms with Crippen LogP contribution in [0.2, 0.25) is 0 Å². The van der Waals surface area contributed by atoms with E-state index in [-0.39, 0.29) is 5.75 Å². The van der Waals surface area contributed by atoms with Crippen LogP contribution >= 0.6 is 15.9 Å². The molecule has 26 heavy (non-hydrogen) atoms. The number of nitrogens with one attached hydrogen (secondary N) is 1. The van der Waals surface area contributed by atoms with Crippen molar-refractivity contribution in [1.82, 2.24) is 9.38 Å². The monoisotopic (exact) mass is 407 g/mol. The van der Waals surface area contributed by atoms with Crippen LogP contribution in [0.5, 0.6) is 5.75 Å². The summed E-state index contributed by atoms with van der Waals surface area (Å²) in [6, 6.07) is 17.4. The molecule has 0 atom stereocenters. The van der Waals surface area contributed by atoms with Gasteiger partial charge in [-0.25, -0.2) is 4.98 Å².